The van der Waals surface area contributed by atoms with Crippen molar-refractivity contribution >= 4 is 27.7 Å². The summed E-state index contributed by atoms with van der Waals surface area (Å²) in [6, 6.07) is 17.4. The molecule has 2 aromatic carbocycles. The number of thioether (sulfide) groups is 1. The highest BCUT2D eigenvalue weighted by molar-refractivity contribution is 9.09. The number of alkyl halides is 1. The molecule has 1 atom stereocenters. The van der Waals surface area contributed by atoms with Crippen molar-refractivity contribution in [3.63, 3.8) is 0 Å². The summed E-state index contributed by atoms with van der Waals surface area (Å²) in [6.45, 7) is 2.17. The van der Waals surface area contributed by atoms with E-state index in [9.17, 15) is 0 Å². The van der Waals surface area contributed by atoms with Crippen LogP contribution in [0.15, 0.2) is 53.4 Å². The first-order valence-corrected chi connectivity index (χ1v) is 8.17. The van der Waals surface area contributed by atoms with Crippen LogP contribution in [0.2, 0.25) is 0 Å². The lowest BCUT2D eigenvalue weighted by Gasteiger charge is -2.12. The van der Waals surface area contributed by atoms with Crippen LogP contribution in [0.1, 0.15) is 21.5 Å². The number of hydrogen-bond donors (Lipinski definition) is 0. The maximum atomic E-state index is 3.80. The number of aryl methyl sites for hydroxylation is 1. The van der Waals surface area contributed by atoms with Gasteiger partial charge in [-0.15, -0.1) is 11.8 Å². The van der Waals surface area contributed by atoms with Crippen molar-refractivity contribution in [3.8, 4) is 0 Å². The Hall–Kier alpha value is -0.730. The average Bonchev–Trinajstić information content (AvgIpc) is 2.41. The van der Waals surface area contributed by atoms with Gasteiger partial charge in [-0.1, -0.05) is 52.3 Å². The molecule has 0 heterocycles. The molecule has 18 heavy (non-hydrogen) atoms. The normalized spacial score (nSPS) is 12.4. The molecule has 2 aromatic rings. The molecule has 1 unspecified atom stereocenters. The van der Waals surface area contributed by atoms with E-state index >= 15 is 0 Å². The quantitative estimate of drug-likeness (QED) is 0.537. The van der Waals surface area contributed by atoms with Crippen LogP contribution in [0, 0.1) is 6.92 Å². The fraction of sp³-hybridized carbons (Fsp3) is 0.250. The summed E-state index contributed by atoms with van der Waals surface area (Å²) in [5.41, 5.74) is 4.12. The third-order valence-electron chi connectivity index (χ3n) is 3.14. The molecule has 0 N–H and O–H groups in total. The summed E-state index contributed by atoms with van der Waals surface area (Å²) in [6.07, 6.45) is 3.14. The van der Waals surface area contributed by atoms with Crippen LogP contribution in [0.3, 0.4) is 0 Å². The Morgan fingerprint density at radius 3 is 2.33 bits per heavy atom. The Kier molecular flexibility index (Phi) is 4.90. The van der Waals surface area contributed by atoms with Crippen LogP contribution < -0.4 is 0 Å². The molecule has 0 bridgehead atoms. The van der Waals surface area contributed by atoms with Crippen molar-refractivity contribution in [1.29, 1.82) is 0 Å². The third kappa shape index (κ3) is 3.39. The largest absolute Gasteiger partial charge is 0.130 e. The molecule has 0 aliphatic rings. The molecule has 0 nitrogen and oxygen atoms in total. The molecular weight excluding hydrogens is 304 g/mol. The van der Waals surface area contributed by atoms with Gasteiger partial charge in [0.1, 0.15) is 0 Å². The maximum Gasteiger partial charge on any atom is 0.0435 e. The summed E-state index contributed by atoms with van der Waals surface area (Å²) < 4.78 is 0. The molecule has 0 amide bonds. The zero-order valence-corrected chi connectivity index (χ0v) is 13.1. The van der Waals surface area contributed by atoms with Gasteiger partial charge < -0.3 is 0 Å². The van der Waals surface area contributed by atoms with Crippen molar-refractivity contribution in [2.75, 3.05) is 6.26 Å². The number of halogens is 1. The van der Waals surface area contributed by atoms with Gasteiger partial charge in [0.2, 0.25) is 0 Å². The van der Waals surface area contributed by atoms with E-state index in [1.54, 1.807) is 11.8 Å². The van der Waals surface area contributed by atoms with Crippen molar-refractivity contribution in [3.05, 3.63) is 65.2 Å². The van der Waals surface area contributed by atoms with Crippen LogP contribution in [-0.4, -0.2) is 6.26 Å². The van der Waals surface area contributed by atoms with Gasteiger partial charge in [0.25, 0.3) is 0 Å². The van der Waals surface area contributed by atoms with Gasteiger partial charge in [-0.25, -0.2) is 0 Å². The SMILES string of the molecule is CSc1ccc(C(Br)Cc2ccccc2C)cc1. The van der Waals surface area contributed by atoms with Crippen LogP contribution in [0.4, 0.5) is 0 Å². The highest BCUT2D eigenvalue weighted by Crippen LogP contribution is 2.29. The van der Waals surface area contributed by atoms with E-state index in [1.807, 2.05) is 0 Å². The second-order valence-electron chi connectivity index (χ2n) is 4.37. The molecule has 0 saturated heterocycles. The second kappa shape index (κ2) is 6.44. The lowest BCUT2D eigenvalue weighted by Crippen LogP contribution is -1.97. The number of rotatable bonds is 4. The number of benzene rings is 2. The van der Waals surface area contributed by atoms with E-state index in [-0.39, 0.29) is 0 Å². The van der Waals surface area contributed by atoms with E-state index in [2.05, 4.69) is 77.6 Å². The molecule has 0 spiro atoms. The molecule has 2 rings (SSSR count). The van der Waals surface area contributed by atoms with Crippen molar-refractivity contribution in [2.24, 2.45) is 0 Å². The predicted octanol–water partition coefficient (Wildman–Crippen LogP) is 5.40. The van der Waals surface area contributed by atoms with Gasteiger partial charge in [-0.2, -0.15) is 0 Å². The van der Waals surface area contributed by atoms with Gasteiger partial charge in [0, 0.05) is 9.72 Å². The molecular formula is C16H17BrS. The predicted molar refractivity (Wildman–Crippen MR) is 84.8 cm³/mol. The van der Waals surface area contributed by atoms with E-state index in [0.717, 1.165) is 6.42 Å². The Morgan fingerprint density at radius 2 is 1.72 bits per heavy atom. The van der Waals surface area contributed by atoms with Crippen LogP contribution in [0.5, 0.6) is 0 Å². The average molecular weight is 321 g/mol. The molecule has 94 valence electrons. The molecule has 0 fully saturated rings. The minimum Gasteiger partial charge on any atom is -0.130 e. The Morgan fingerprint density at radius 1 is 1.06 bits per heavy atom. The maximum absolute atomic E-state index is 3.80. The minimum atomic E-state index is 0.384. The highest BCUT2D eigenvalue weighted by atomic mass is 79.9. The standard InChI is InChI=1S/C16H17BrS/c1-12-5-3-4-6-14(12)11-16(17)13-7-9-15(18-2)10-8-13/h3-10,16H,11H2,1-2H3. The van der Waals surface area contributed by atoms with E-state index in [0.29, 0.717) is 4.83 Å². The van der Waals surface area contributed by atoms with Gasteiger partial charge in [-0.05, 0) is 48.4 Å². The fourth-order valence-electron chi connectivity index (χ4n) is 1.96. The van der Waals surface area contributed by atoms with Gasteiger partial charge in [-0.3, -0.25) is 0 Å². The van der Waals surface area contributed by atoms with E-state index < -0.39 is 0 Å². The first-order valence-electron chi connectivity index (χ1n) is 6.03. The summed E-state index contributed by atoms with van der Waals surface area (Å²) in [5, 5.41) is 0. The molecule has 0 aliphatic carbocycles. The topological polar surface area (TPSA) is 0 Å². The molecule has 2 heteroatoms. The Bertz CT molecular complexity index is 505. The Labute approximate surface area is 122 Å². The van der Waals surface area contributed by atoms with Crippen LogP contribution in [-0.2, 0) is 6.42 Å². The lowest BCUT2D eigenvalue weighted by molar-refractivity contribution is 0.936. The second-order valence-corrected chi connectivity index (χ2v) is 6.36. The third-order valence-corrected chi connectivity index (χ3v) is 4.73. The Balaban J connectivity index is 2.11. The van der Waals surface area contributed by atoms with E-state index in [1.165, 1.54) is 21.6 Å². The van der Waals surface area contributed by atoms with Crippen LogP contribution >= 0.6 is 27.7 Å². The van der Waals surface area contributed by atoms with Crippen molar-refractivity contribution in [2.45, 2.75) is 23.1 Å². The monoisotopic (exact) mass is 320 g/mol. The minimum absolute atomic E-state index is 0.384. The smallest absolute Gasteiger partial charge is 0.0435 e. The van der Waals surface area contributed by atoms with Crippen molar-refractivity contribution < 1.29 is 0 Å². The summed E-state index contributed by atoms with van der Waals surface area (Å²) in [5.74, 6) is 0. The molecule has 0 saturated carbocycles. The zero-order valence-electron chi connectivity index (χ0n) is 10.7. The molecule has 0 aromatic heterocycles. The van der Waals surface area contributed by atoms with Gasteiger partial charge in [0.05, 0.1) is 0 Å². The van der Waals surface area contributed by atoms with Gasteiger partial charge in [0.15, 0.2) is 0 Å². The van der Waals surface area contributed by atoms with Crippen molar-refractivity contribution in [1.82, 2.24) is 0 Å². The first kappa shape index (κ1) is 13.7. The molecule has 0 aliphatic heterocycles. The van der Waals surface area contributed by atoms with Crippen LogP contribution in [0.25, 0.3) is 0 Å². The highest BCUT2D eigenvalue weighted by Gasteiger charge is 2.09. The fourth-order valence-corrected chi connectivity index (χ4v) is 3.03. The first-order chi connectivity index (χ1) is 8.70. The summed E-state index contributed by atoms with van der Waals surface area (Å²) in [4.78, 5) is 1.70. The van der Waals surface area contributed by atoms with Gasteiger partial charge >= 0.3 is 0 Å². The summed E-state index contributed by atoms with van der Waals surface area (Å²) in [7, 11) is 0. The lowest BCUT2D eigenvalue weighted by atomic mass is 10.0. The molecule has 0 radical (unpaired) electrons. The number of hydrogen-bond acceptors (Lipinski definition) is 1. The summed E-state index contributed by atoms with van der Waals surface area (Å²) >= 11 is 5.58. The zero-order chi connectivity index (χ0) is 13.0. The van der Waals surface area contributed by atoms with E-state index in [4.69, 9.17) is 0 Å².